The summed E-state index contributed by atoms with van der Waals surface area (Å²) >= 11 is 0. The number of aryl methyl sites for hydroxylation is 1. The third-order valence-corrected chi connectivity index (χ3v) is 8.04. The van der Waals surface area contributed by atoms with Gasteiger partial charge in [0.05, 0.1) is 30.8 Å². The molecule has 0 radical (unpaired) electrons. The van der Waals surface area contributed by atoms with E-state index in [0.29, 0.717) is 22.5 Å². The van der Waals surface area contributed by atoms with E-state index < -0.39 is 35.7 Å². The fraction of sp³-hybridized carbons (Fsp3) is 0.317. The number of carbonyl (C=O) groups is 4. The van der Waals surface area contributed by atoms with Gasteiger partial charge in [-0.15, -0.1) is 0 Å². The Bertz CT molecular complexity index is 2020. The zero-order valence-electron chi connectivity index (χ0n) is 30.7. The molecule has 5 rings (SSSR count). The second-order valence-corrected chi connectivity index (χ2v) is 13.4. The monoisotopic (exact) mass is 717 g/mol. The van der Waals surface area contributed by atoms with Gasteiger partial charge < -0.3 is 24.0 Å². The Labute approximate surface area is 309 Å². The van der Waals surface area contributed by atoms with Gasteiger partial charge in [-0.3, -0.25) is 19.7 Å². The maximum absolute atomic E-state index is 14.7. The molecule has 0 spiro atoms. The number of fused-ring (bicyclic) bond motifs is 1. The smallest absolute Gasteiger partial charge is 0.414 e. The minimum absolute atomic E-state index is 0.0247. The molecule has 0 saturated heterocycles. The first-order valence-corrected chi connectivity index (χ1v) is 17.3. The Hall–Kier alpha value is -6.22. The summed E-state index contributed by atoms with van der Waals surface area (Å²) in [6, 6.07) is 23.7. The van der Waals surface area contributed by atoms with Crippen molar-refractivity contribution in [3.05, 3.63) is 113 Å². The molecule has 1 N–H and O–H groups in total. The van der Waals surface area contributed by atoms with Gasteiger partial charge in [0.15, 0.2) is 6.61 Å². The minimum atomic E-state index is -1.02. The van der Waals surface area contributed by atoms with Gasteiger partial charge in [-0.25, -0.2) is 9.78 Å². The predicted octanol–water partition coefficient (Wildman–Crippen LogP) is 6.63. The summed E-state index contributed by atoms with van der Waals surface area (Å²) in [5.41, 5.74) is 2.57. The largest absolute Gasteiger partial charge is 0.466 e. The molecule has 0 saturated carbocycles. The number of hydrogen-bond acceptors (Lipinski definition) is 9. The summed E-state index contributed by atoms with van der Waals surface area (Å²) < 4.78 is 16.3. The molecule has 4 aromatic rings. The van der Waals surface area contributed by atoms with Crippen molar-refractivity contribution >= 4 is 35.5 Å². The zero-order valence-corrected chi connectivity index (χ0v) is 30.7. The number of ether oxygens (including phenoxy) is 3. The van der Waals surface area contributed by atoms with Crippen molar-refractivity contribution < 1.29 is 33.4 Å². The predicted molar refractivity (Wildman–Crippen MR) is 199 cm³/mol. The van der Waals surface area contributed by atoms with E-state index in [1.54, 1.807) is 70.7 Å². The lowest BCUT2D eigenvalue weighted by Crippen LogP contribution is -2.47. The van der Waals surface area contributed by atoms with Crippen LogP contribution in [0.4, 0.5) is 16.4 Å². The van der Waals surface area contributed by atoms with Crippen LogP contribution in [-0.4, -0.2) is 63.6 Å². The molecular formula is C41H43N5O7. The molecule has 0 bridgehead atoms. The fourth-order valence-corrected chi connectivity index (χ4v) is 5.86. The summed E-state index contributed by atoms with van der Waals surface area (Å²) in [5, 5.41) is 2.51. The van der Waals surface area contributed by atoms with E-state index in [2.05, 4.69) is 27.1 Å². The van der Waals surface area contributed by atoms with Crippen molar-refractivity contribution in [2.75, 3.05) is 23.4 Å². The van der Waals surface area contributed by atoms with Gasteiger partial charge in [0.1, 0.15) is 11.6 Å². The lowest BCUT2D eigenvalue weighted by atomic mass is 10.0. The van der Waals surface area contributed by atoms with Crippen LogP contribution < -0.4 is 15.0 Å². The van der Waals surface area contributed by atoms with Crippen molar-refractivity contribution in [2.24, 2.45) is 0 Å². The van der Waals surface area contributed by atoms with Crippen LogP contribution in [0, 0.1) is 18.8 Å². The number of amides is 3. The first-order chi connectivity index (χ1) is 25.3. The van der Waals surface area contributed by atoms with Gasteiger partial charge in [-0.2, -0.15) is 4.98 Å². The molecule has 0 aliphatic carbocycles. The number of carbonyl (C=O) groups excluding carboxylic acids is 4. The molecule has 3 aromatic carbocycles. The third kappa shape index (κ3) is 9.98. The topological polar surface area (TPSA) is 140 Å². The van der Waals surface area contributed by atoms with Gasteiger partial charge in [-0.05, 0) is 70.9 Å². The number of aromatic nitrogens is 2. The maximum Gasteiger partial charge on any atom is 0.414 e. The average molecular weight is 718 g/mol. The summed E-state index contributed by atoms with van der Waals surface area (Å²) in [6.07, 6.45) is -0.793. The Kier molecular flexibility index (Phi) is 12.1. The van der Waals surface area contributed by atoms with Crippen LogP contribution >= 0.6 is 0 Å². The fourth-order valence-electron chi connectivity index (χ4n) is 5.86. The first kappa shape index (κ1) is 38.0. The molecule has 2 atom stereocenters. The van der Waals surface area contributed by atoms with Gasteiger partial charge in [0.2, 0.25) is 11.8 Å². The number of nitrogens with one attached hydrogen (secondary N) is 1. The molecule has 0 fully saturated rings. The highest BCUT2D eigenvalue weighted by Crippen LogP contribution is 2.38. The van der Waals surface area contributed by atoms with Crippen LogP contribution in [0.3, 0.4) is 0 Å². The average Bonchev–Trinajstić information content (AvgIpc) is 3.18. The van der Waals surface area contributed by atoms with Crippen molar-refractivity contribution in [1.82, 2.24) is 14.9 Å². The van der Waals surface area contributed by atoms with Crippen LogP contribution in [0.25, 0.3) is 0 Å². The molecule has 274 valence electrons. The normalized spacial score (nSPS) is 14.6. The van der Waals surface area contributed by atoms with Crippen LogP contribution in [0.2, 0.25) is 0 Å². The lowest BCUT2D eigenvalue weighted by molar-refractivity contribution is -0.144. The van der Waals surface area contributed by atoms with E-state index >= 15 is 0 Å². The van der Waals surface area contributed by atoms with Crippen molar-refractivity contribution in [3.63, 3.8) is 0 Å². The Balaban J connectivity index is 1.47. The highest BCUT2D eigenvalue weighted by molar-refractivity contribution is 6.11. The summed E-state index contributed by atoms with van der Waals surface area (Å²) in [5.74, 6) is 5.03. The van der Waals surface area contributed by atoms with Crippen LogP contribution in [-0.2, 0) is 25.6 Å². The number of hydrogen-bond donors (Lipinski definition) is 1. The molecule has 2 unspecified atom stereocenters. The van der Waals surface area contributed by atoms with Crippen LogP contribution in [0.1, 0.15) is 79.8 Å². The van der Waals surface area contributed by atoms with E-state index in [1.165, 1.54) is 4.90 Å². The SMILES string of the molecule is CCOC(=O)CC(C)N1C(=O)c2cc(C#CCOc3cc(C)nc(NC(=O)OC(C)(C)C)n3)ccc2N(Cc2ccccc2)C(=O)C1c1ccccc1. The molecule has 1 aliphatic heterocycles. The quantitative estimate of drug-likeness (QED) is 0.141. The summed E-state index contributed by atoms with van der Waals surface area (Å²) in [7, 11) is 0. The summed E-state index contributed by atoms with van der Waals surface area (Å²) in [4.78, 5) is 65.9. The van der Waals surface area contributed by atoms with Crippen LogP contribution in [0.5, 0.6) is 5.88 Å². The van der Waals surface area contributed by atoms with E-state index in [0.717, 1.165) is 5.56 Å². The third-order valence-electron chi connectivity index (χ3n) is 8.04. The van der Waals surface area contributed by atoms with Crippen molar-refractivity contribution in [2.45, 2.75) is 72.2 Å². The Morgan fingerprint density at radius 2 is 1.66 bits per heavy atom. The van der Waals surface area contributed by atoms with Gasteiger partial charge >= 0.3 is 12.1 Å². The molecule has 12 heteroatoms. The Morgan fingerprint density at radius 1 is 0.962 bits per heavy atom. The van der Waals surface area contributed by atoms with Gasteiger partial charge in [0.25, 0.3) is 11.8 Å². The molecule has 1 aromatic heterocycles. The second kappa shape index (κ2) is 16.9. The van der Waals surface area contributed by atoms with Crippen molar-refractivity contribution in [3.8, 4) is 17.7 Å². The van der Waals surface area contributed by atoms with E-state index in [4.69, 9.17) is 14.2 Å². The van der Waals surface area contributed by atoms with E-state index in [9.17, 15) is 19.2 Å². The standard InChI is InChI=1S/C41H43N5O7/c1-7-51-35(47)24-28(3)46-36(31-18-12-9-13-19-31)38(49)45(26-30-15-10-8-11-16-30)33-21-20-29(25-32(33)37(46)48)17-14-22-52-34-23-27(2)42-39(43-34)44-40(50)53-41(4,5)6/h8-13,15-16,18-21,23,25,28,36H,7,22,24,26H2,1-6H3,(H,42,43,44,50). The highest BCUT2D eigenvalue weighted by Gasteiger charge is 2.43. The number of anilines is 2. The van der Waals surface area contributed by atoms with Crippen molar-refractivity contribution in [1.29, 1.82) is 0 Å². The molecule has 3 amide bonds. The molecule has 12 nitrogen and oxygen atoms in total. The van der Waals surface area contributed by atoms with E-state index in [1.807, 2.05) is 60.7 Å². The zero-order chi connectivity index (χ0) is 38.1. The molecular weight excluding hydrogens is 674 g/mol. The van der Waals surface area contributed by atoms with E-state index in [-0.39, 0.29) is 49.5 Å². The second-order valence-electron chi connectivity index (χ2n) is 13.4. The van der Waals surface area contributed by atoms with Gasteiger partial charge in [0, 0.05) is 23.4 Å². The minimum Gasteiger partial charge on any atom is -0.466 e. The lowest BCUT2D eigenvalue weighted by Gasteiger charge is -2.35. The molecule has 1 aliphatic rings. The number of esters is 1. The molecule has 53 heavy (non-hydrogen) atoms. The maximum atomic E-state index is 14.7. The van der Waals surface area contributed by atoms with Gasteiger partial charge in [-0.1, -0.05) is 72.5 Å². The number of nitrogens with zero attached hydrogens (tertiary/aromatic N) is 4. The summed E-state index contributed by atoms with van der Waals surface area (Å²) in [6.45, 7) is 10.8. The first-order valence-electron chi connectivity index (χ1n) is 17.3. The number of rotatable bonds is 10. The number of benzene rings is 3. The highest BCUT2D eigenvalue weighted by atomic mass is 16.6. The Morgan fingerprint density at radius 3 is 2.34 bits per heavy atom. The molecule has 2 heterocycles. The van der Waals surface area contributed by atoms with Crippen LogP contribution in [0.15, 0.2) is 84.9 Å².